The minimum absolute atomic E-state index is 0.105. The largest absolute Gasteiger partial charge is 0.493 e. The summed E-state index contributed by atoms with van der Waals surface area (Å²) in [7, 11) is 0. The van der Waals surface area contributed by atoms with Gasteiger partial charge in [-0.15, -0.1) is 6.58 Å². The number of ether oxygens (including phenoxy) is 3. The van der Waals surface area contributed by atoms with E-state index >= 15 is 0 Å². The molecule has 2 aromatic carbocycles. The highest BCUT2D eigenvalue weighted by molar-refractivity contribution is 8.26. The van der Waals surface area contributed by atoms with Gasteiger partial charge in [-0.3, -0.25) is 9.69 Å². The van der Waals surface area contributed by atoms with Crippen molar-refractivity contribution in [1.82, 2.24) is 4.90 Å². The topological polar surface area (TPSA) is 48.0 Å². The molecule has 1 aliphatic heterocycles. The molecular weight excluding hydrogens is 442 g/mol. The SMILES string of the molecule is C=CCN1C(=O)/C(=C\c2ccc(OCCCOc3cccc(C)c3)c(OCC)c2)SC1=S. The van der Waals surface area contributed by atoms with Crippen molar-refractivity contribution in [3.05, 3.63) is 71.2 Å². The van der Waals surface area contributed by atoms with E-state index in [1.165, 1.54) is 17.3 Å². The Labute approximate surface area is 199 Å². The molecular formula is C25H27NO4S2. The normalized spacial score (nSPS) is 14.7. The fourth-order valence-corrected chi connectivity index (χ4v) is 4.35. The van der Waals surface area contributed by atoms with E-state index in [4.69, 9.17) is 26.4 Å². The first-order chi connectivity index (χ1) is 15.5. The molecule has 0 aromatic heterocycles. The van der Waals surface area contributed by atoms with Gasteiger partial charge in [0.2, 0.25) is 0 Å². The maximum absolute atomic E-state index is 12.5. The van der Waals surface area contributed by atoms with E-state index in [0.717, 1.165) is 17.7 Å². The van der Waals surface area contributed by atoms with E-state index < -0.39 is 0 Å². The highest BCUT2D eigenvalue weighted by Crippen LogP contribution is 2.34. The predicted octanol–water partition coefficient (Wildman–Crippen LogP) is 5.63. The zero-order valence-electron chi connectivity index (χ0n) is 18.3. The minimum atomic E-state index is -0.105. The summed E-state index contributed by atoms with van der Waals surface area (Å²) in [5, 5.41) is 0. The monoisotopic (exact) mass is 469 g/mol. The van der Waals surface area contributed by atoms with Crippen LogP contribution in [0.2, 0.25) is 0 Å². The van der Waals surface area contributed by atoms with E-state index in [2.05, 4.69) is 6.58 Å². The molecule has 0 unspecified atom stereocenters. The van der Waals surface area contributed by atoms with Crippen LogP contribution in [0.5, 0.6) is 17.2 Å². The second-order valence-corrected chi connectivity index (χ2v) is 8.76. The van der Waals surface area contributed by atoms with Crippen LogP contribution in [0, 0.1) is 6.92 Å². The summed E-state index contributed by atoms with van der Waals surface area (Å²) in [5.74, 6) is 2.07. The first-order valence-corrected chi connectivity index (χ1v) is 11.7. The number of benzene rings is 2. The van der Waals surface area contributed by atoms with Gasteiger partial charge in [-0.1, -0.05) is 48.3 Å². The van der Waals surface area contributed by atoms with Gasteiger partial charge in [0.1, 0.15) is 10.1 Å². The Hall–Kier alpha value is -2.77. The average Bonchev–Trinajstić information content (AvgIpc) is 3.03. The van der Waals surface area contributed by atoms with E-state index in [1.54, 1.807) is 11.0 Å². The summed E-state index contributed by atoms with van der Waals surface area (Å²) < 4.78 is 18.0. The summed E-state index contributed by atoms with van der Waals surface area (Å²) in [6.45, 7) is 9.63. The summed E-state index contributed by atoms with van der Waals surface area (Å²) in [5.41, 5.74) is 2.02. The molecule has 0 N–H and O–H groups in total. The van der Waals surface area contributed by atoms with Crippen LogP contribution in [0.15, 0.2) is 60.0 Å². The van der Waals surface area contributed by atoms with Crippen molar-refractivity contribution in [2.45, 2.75) is 20.3 Å². The summed E-state index contributed by atoms with van der Waals surface area (Å²) >= 11 is 6.59. The number of aryl methyl sites for hydroxylation is 1. The molecule has 32 heavy (non-hydrogen) atoms. The zero-order valence-corrected chi connectivity index (χ0v) is 20.0. The Bertz CT molecular complexity index is 1020. The van der Waals surface area contributed by atoms with Crippen LogP contribution < -0.4 is 14.2 Å². The smallest absolute Gasteiger partial charge is 0.266 e. The number of nitrogens with zero attached hydrogens (tertiary/aromatic N) is 1. The molecule has 1 fully saturated rings. The standard InChI is InChI=1S/C25H27NO4S2/c1-4-12-26-24(27)23(32-25(26)31)17-19-10-11-21(22(16-19)28-5-2)30-14-7-13-29-20-9-6-8-18(3)15-20/h4,6,8-11,15-17H,1,5,7,12-14H2,2-3H3/b23-17+. The number of hydrogen-bond acceptors (Lipinski definition) is 6. The molecule has 3 rings (SSSR count). The summed E-state index contributed by atoms with van der Waals surface area (Å²) in [6, 6.07) is 13.6. The minimum Gasteiger partial charge on any atom is -0.493 e. The van der Waals surface area contributed by atoms with Gasteiger partial charge in [0.15, 0.2) is 11.5 Å². The van der Waals surface area contributed by atoms with Crippen molar-refractivity contribution in [3.63, 3.8) is 0 Å². The molecule has 0 atom stereocenters. The lowest BCUT2D eigenvalue weighted by Gasteiger charge is -2.13. The Morgan fingerprint density at radius 3 is 2.66 bits per heavy atom. The van der Waals surface area contributed by atoms with Gasteiger partial charge in [0.25, 0.3) is 5.91 Å². The van der Waals surface area contributed by atoms with Gasteiger partial charge in [0.05, 0.1) is 24.7 Å². The van der Waals surface area contributed by atoms with Gasteiger partial charge in [0, 0.05) is 13.0 Å². The van der Waals surface area contributed by atoms with E-state index in [1.807, 2.05) is 62.4 Å². The van der Waals surface area contributed by atoms with E-state index in [-0.39, 0.29) is 5.91 Å². The van der Waals surface area contributed by atoms with Crippen molar-refractivity contribution in [2.24, 2.45) is 0 Å². The molecule has 0 radical (unpaired) electrons. The number of carbonyl (C=O) groups excluding carboxylic acids is 1. The van der Waals surface area contributed by atoms with Gasteiger partial charge < -0.3 is 14.2 Å². The third-order valence-corrected chi connectivity index (χ3v) is 5.93. The second kappa shape index (κ2) is 11.7. The number of thioether (sulfide) groups is 1. The van der Waals surface area contributed by atoms with E-state index in [0.29, 0.717) is 47.1 Å². The quantitative estimate of drug-likeness (QED) is 0.184. The Morgan fingerprint density at radius 1 is 1.09 bits per heavy atom. The highest BCUT2D eigenvalue weighted by Gasteiger charge is 2.31. The lowest BCUT2D eigenvalue weighted by molar-refractivity contribution is -0.121. The van der Waals surface area contributed by atoms with Crippen LogP contribution in [0.4, 0.5) is 0 Å². The van der Waals surface area contributed by atoms with Crippen molar-refractivity contribution in [3.8, 4) is 17.2 Å². The van der Waals surface area contributed by atoms with Crippen LogP contribution in [0.3, 0.4) is 0 Å². The van der Waals surface area contributed by atoms with Crippen LogP contribution in [0.25, 0.3) is 6.08 Å². The summed E-state index contributed by atoms with van der Waals surface area (Å²) in [6.07, 6.45) is 4.23. The molecule has 1 saturated heterocycles. The maximum atomic E-state index is 12.5. The van der Waals surface area contributed by atoms with Crippen molar-refractivity contribution >= 4 is 40.3 Å². The summed E-state index contributed by atoms with van der Waals surface area (Å²) in [4.78, 5) is 14.7. The van der Waals surface area contributed by atoms with Gasteiger partial charge in [-0.05, 0) is 55.3 Å². The van der Waals surface area contributed by atoms with Crippen molar-refractivity contribution in [2.75, 3.05) is 26.4 Å². The number of thiocarbonyl (C=S) groups is 1. The second-order valence-electron chi connectivity index (χ2n) is 7.09. The third kappa shape index (κ3) is 6.37. The lowest BCUT2D eigenvalue weighted by atomic mass is 10.2. The molecule has 0 spiro atoms. The van der Waals surface area contributed by atoms with E-state index in [9.17, 15) is 4.79 Å². The first kappa shape index (κ1) is 23.9. The van der Waals surface area contributed by atoms with Gasteiger partial charge in [-0.2, -0.15) is 0 Å². The number of rotatable bonds is 11. The molecule has 0 saturated carbocycles. The van der Waals surface area contributed by atoms with Crippen LogP contribution in [-0.2, 0) is 4.79 Å². The Balaban J connectivity index is 1.60. The Kier molecular flexibility index (Phi) is 8.76. The number of carbonyl (C=O) groups is 1. The van der Waals surface area contributed by atoms with Gasteiger partial charge >= 0.3 is 0 Å². The lowest BCUT2D eigenvalue weighted by Crippen LogP contribution is -2.27. The maximum Gasteiger partial charge on any atom is 0.266 e. The molecule has 1 heterocycles. The molecule has 168 valence electrons. The van der Waals surface area contributed by atoms with Crippen LogP contribution in [-0.4, -0.2) is 41.5 Å². The Morgan fingerprint density at radius 2 is 1.91 bits per heavy atom. The highest BCUT2D eigenvalue weighted by atomic mass is 32.2. The average molecular weight is 470 g/mol. The van der Waals surface area contributed by atoms with Crippen molar-refractivity contribution in [1.29, 1.82) is 0 Å². The van der Waals surface area contributed by atoms with Crippen LogP contribution in [0.1, 0.15) is 24.5 Å². The van der Waals surface area contributed by atoms with Crippen LogP contribution >= 0.6 is 24.0 Å². The molecule has 1 aliphatic rings. The number of hydrogen-bond donors (Lipinski definition) is 0. The fourth-order valence-electron chi connectivity index (χ4n) is 3.08. The van der Waals surface area contributed by atoms with Gasteiger partial charge in [-0.25, -0.2) is 0 Å². The molecule has 2 aromatic rings. The number of amides is 1. The fraction of sp³-hybridized carbons (Fsp3) is 0.280. The molecule has 5 nitrogen and oxygen atoms in total. The zero-order chi connectivity index (χ0) is 22.9. The predicted molar refractivity (Wildman–Crippen MR) is 134 cm³/mol. The third-order valence-electron chi connectivity index (χ3n) is 4.56. The molecule has 1 amide bonds. The molecule has 7 heteroatoms. The molecule has 0 bridgehead atoms. The molecule has 0 aliphatic carbocycles. The first-order valence-electron chi connectivity index (χ1n) is 10.5. The van der Waals surface area contributed by atoms with Crippen molar-refractivity contribution < 1.29 is 19.0 Å².